The van der Waals surface area contributed by atoms with Crippen LogP contribution in [0.2, 0.25) is 0 Å². The molecule has 0 spiro atoms. The van der Waals surface area contributed by atoms with Gasteiger partial charge < -0.3 is 10.6 Å². The van der Waals surface area contributed by atoms with Crippen molar-refractivity contribution in [3.8, 4) is 0 Å². The minimum atomic E-state index is 0.0497. The van der Waals surface area contributed by atoms with Gasteiger partial charge in [0.15, 0.2) is 0 Å². The SMILES string of the molecule is CC(NC(=O)c1ccc2c(c1)CNC2)C1CCN(Cc2ccccc2)C1. The van der Waals surface area contributed by atoms with E-state index in [1.807, 2.05) is 12.1 Å². The molecule has 0 radical (unpaired) electrons. The Bertz CT molecular complexity index is 774. The van der Waals surface area contributed by atoms with Crippen LogP contribution >= 0.6 is 0 Å². The second-order valence-electron chi connectivity index (χ2n) is 7.62. The monoisotopic (exact) mass is 349 g/mol. The van der Waals surface area contributed by atoms with Gasteiger partial charge in [0.1, 0.15) is 0 Å². The summed E-state index contributed by atoms with van der Waals surface area (Å²) in [7, 11) is 0. The number of likely N-dealkylation sites (tertiary alicyclic amines) is 1. The molecule has 4 rings (SSSR count). The number of benzene rings is 2. The van der Waals surface area contributed by atoms with Crippen molar-refractivity contribution in [2.24, 2.45) is 5.92 Å². The first-order chi connectivity index (χ1) is 12.7. The van der Waals surface area contributed by atoms with Gasteiger partial charge in [-0.05, 0) is 54.6 Å². The van der Waals surface area contributed by atoms with E-state index in [9.17, 15) is 4.79 Å². The Morgan fingerprint density at radius 3 is 2.85 bits per heavy atom. The fourth-order valence-corrected chi connectivity index (χ4v) is 4.10. The summed E-state index contributed by atoms with van der Waals surface area (Å²) in [6.45, 7) is 7.06. The molecule has 0 saturated carbocycles. The summed E-state index contributed by atoms with van der Waals surface area (Å²) in [4.78, 5) is 15.1. The van der Waals surface area contributed by atoms with Gasteiger partial charge in [-0.15, -0.1) is 0 Å². The van der Waals surface area contributed by atoms with E-state index in [1.54, 1.807) is 0 Å². The smallest absolute Gasteiger partial charge is 0.251 e. The average Bonchev–Trinajstić information content (AvgIpc) is 3.31. The maximum atomic E-state index is 12.6. The van der Waals surface area contributed by atoms with Crippen molar-refractivity contribution < 1.29 is 4.79 Å². The van der Waals surface area contributed by atoms with Gasteiger partial charge in [-0.1, -0.05) is 36.4 Å². The van der Waals surface area contributed by atoms with Crippen LogP contribution < -0.4 is 10.6 Å². The Labute approximate surface area is 155 Å². The lowest BCUT2D eigenvalue weighted by Gasteiger charge is -2.22. The highest BCUT2D eigenvalue weighted by molar-refractivity contribution is 5.94. The maximum Gasteiger partial charge on any atom is 0.251 e. The molecule has 2 unspecified atom stereocenters. The van der Waals surface area contributed by atoms with Crippen LogP contribution in [0.4, 0.5) is 0 Å². The molecule has 136 valence electrons. The van der Waals surface area contributed by atoms with E-state index < -0.39 is 0 Å². The summed E-state index contributed by atoms with van der Waals surface area (Å²) in [5.74, 6) is 0.562. The molecule has 2 heterocycles. The second kappa shape index (κ2) is 7.60. The van der Waals surface area contributed by atoms with E-state index in [0.717, 1.165) is 44.7 Å². The van der Waals surface area contributed by atoms with Crippen LogP contribution in [0.3, 0.4) is 0 Å². The number of fused-ring (bicyclic) bond motifs is 1. The number of hydrogen-bond acceptors (Lipinski definition) is 3. The molecule has 2 aromatic carbocycles. The molecule has 2 aliphatic heterocycles. The first-order valence-electron chi connectivity index (χ1n) is 9.59. The van der Waals surface area contributed by atoms with Crippen molar-refractivity contribution >= 4 is 5.91 Å². The van der Waals surface area contributed by atoms with Crippen LogP contribution in [-0.2, 0) is 19.6 Å². The molecule has 2 N–H and O–H groups in total. The van der Waals surface area contributed by atoms with Crippen LogP contribution in [0.25, 0.3) is 0 Å². The molecule has 0 aromatic heterocycles. The van der Waals surface area contributed by atoms with Crippen LogP contribution in [0, 0.1) is 5.92 Å². The highest BCUT2D eigenvalue weighted by Crippen LogP contribution is 2.22. The molecule has 1 amide bonds. The van der Waals surface area contributed by atoms with Crippen LogP contribution in [-0.4, -0.2) is 29.9 Å². The van der Waals surface area contributed by atoms with Gasteiger partial charge in [0.2, 0.25) is 0 Å². The van der Waals surface area contributed by atoms with Crippen molar-refractivity contribution in [1.82, 2.24) is 15.5 Å². The van der Waals surface area contributed by atoms with Gasteiger partial charge in [0.25, 0.3) is 5.91 Å². The Morgan fingerprint density at radius 2 is 2.00 bits per heavy atom. The predicted octanol–water partition coefficient (Wildman–Crippen LogP) is 2.93. The quantitative estimate of drug-likeness (QED) is 0.872. The van der Waals surface area contributed by atoms with Gasteiger partial charge >= 0.3 is 0 Å². The molecule has 26 heavy (non-hydrogen) atoms. The summed E-state index contributed by atoms with van der Waals surface area (Å²) in [6, 6.07) is 16.9. The highest BCUT2D eigenvalue weighted by Gasteiger charge is 2.28. The molecular formula is C22H27N3O. The number of carbonyl (C=O) groups is 1. The summed E-state index contributed by atoms with van der Waals surface area (Å²) < 4.78 is 0. The number of nitrogens with zero attached hydrogens (tertiary/aromatic N) is 1. The third-order valence-corrected chi connectivity index (χ3v) is 5.72. The molecule has 0 aliphatic carbocycles. The van der Waals surface area contributed by atoms with Crippen molar-refractivity contribution in [3.63, 3.8) is 0 Å². The maximum absolute atomic E-state index is 12.6. The minimum Gasteiger partial charge on any atom is -0.349 e. The number of hydrogen-bond donors (Lipinski definition) is 2. The largest absolute Gasteiger partial charge is 0.349 e. The van der Waals surface area contributed by atoms with E-state index in [-0.39, 0.29) is 11.9 Å². The Balaban J connectivity index is 1.32. The van der Waals surface area contributed by atoms with Crippen molar-refractivity contribution in [2.45, 2.75) is 39.0 Å². The van der Waals surface area contributed by atoms with Gasteiger partial charge in [0.05, 0.1) is 0 Å². The van der Waals surface area contributed by atoms with Crippen LogP contribution in [0.15, 0.2) is 48.5 Å². The lowest BCUT2D eigenvalue weighted by molar-refractivity contribution is 0.0927. The van der Waals surface area contributed by atoms with E-state index in [0.29, 0.717) is 5.92 Å². The standard InChI is InChI=1S/C22H27N3O/c1-16(20-9-10-25(15-20)14-17-5-3-2-4-6-17)24-22(26)18-7-8-19-12-23-13-21(19)11-18/h2-8,11,16,20,23H,9-10,12-15H2,1H3,(H,24,26). The Kier molecular flexibility index (Phi) is 5.05. The molecule has 1 fully saturated rings. The molecule has 2 aromatic rings. The van der Waals surface area contributed by atoms with E-state index in [1.165, 1.54) is 16.7 Å². The molecule has 4 nitrogen and oxygen atoms in total. The molecule has 0 bridgehead atoms. The summed E-state index contributed by atoms with van der Waals surface area (Å²) in [5.41, 5.74) is 4.69. The third-order valence-electron chi connectivity index (χ3n) is 5.72. The van der Waals surface area contributed by atoms with Crippen LogP contribution in [0.1, 0.15) is 40.4 Å². The van der Waals surface area contributed by atoms with Gasteiger partial charge in [0, 0.05) is 37.8 Å². The minimum absolute atomic E-state index is 0.0497. The van der Waals surface area contributed by atoms with Gasteiger partial charge in [-0.25, -0.2) is 0 Å². The highest BCUT2D eigenvalue weighted by atomic mass is 16.1. The van der Waals surface area contributed by atoms with E-state index in [2.05, 4.69) is 58.9 Å². The zero-order valence-corrected chi connectivity index (χ0v) is 15.4. The molecular weight excluding hydrogens is 322 g/mol. The molecule has 2 aliphatic rings. The normalized spacial score (nSPS) is 20.7. The second-order valence-corrected chi connectivity index (χ2v) is 7.62. The van der Waals surface area contributed by atoms with Crippen molar-refractivity contribution in [1.29, 1.82) is 0 Å². The predicted molar refractivity (Wildman–Crippen MR) is 104 cm³/mol. The fourth-order valence-electron chi connectivity index (χ4n) is 4.10. The topological polar surface area (TPSA) is 44.4 Å². The van der Waals surface area contributed by atoms with Crippen molar-refractivity contribution in [3.05, 3.63) is 70.8 Å². The molecule has 2 atom stereocenters. The van der Waals surface area contributed by atoms with Crippen LogP contribution in [0.5, 0.6) is 0 Å². The van der Waals surface area contributed by atoms with Gasteiger partial charge in [-0.3, -0.25) is 9.69 Å². The number of carbonyl (C=O) groups excluding carboxylic acids is 1. The van der Waals surface area contributed by atoms with E-state index >= 15 is 0 Å². The molecule has 4 heteroatoms. The first-order valence-corrected chi connectivity index (χ1v) is 9.59. The molecule has 1 saturated heterocycles. The zero-order valence-electron chi connectivity index (χ0n) is 15.4. The third kappa shape index (κ3) is 3.81. The lowest BCUT2D eigenvalue weighted by Crippen LogP contribution is -2.39. The number of amides is 1. The summed E-state index contributed by atoms with van der Waals surface area (Å²) in [6.07, 6.45) is 1.14. The fraction of sp³-hybridized carbons (Fsp3) is 0.409. The summed E-state index contributed by atoms with van der Waals surface area (Å²) in [5, 5.41) is 6.55. The Hall–Kier alpha value is -2.17. The summed E-state index contributed by atoms with van der Waals surface area (Å²) >= 11 is 0. The Morgan fingerprint density at radius 1 is 1.19 bits per heavy atom. The average molecular weight is 349 g/mol. The first kappa shape index (κ1) is 17.3. The lowest BCUT2D eigenvalue weighted by atomic mass is 9.99. The van der Waals surface area contributed by atoms with Crippen molar-refractivity contribution in [2.75, 3.05) is 13.1 Å². The zero-order chi connectivity index (χ0) is 17.9. The van der Waals surface area contributed by atoms with Gasteiger partial charge in [-0.2, -0.15) is 0 Å². The van der Waals surface area contributed by atoms with E-state index in [4.69, 9.17) is 0 Å². The number of nitrogens with one attached hydrogen (secondary N) is 2. The number of rotatable bonds is 5.